The molecule has 0 saturated heterocycles. The third-order valence-corrected chi connectivity index (χ3v) is 4.38. The van der Waals surface area contributed by atoms with Crippen molar-refractivity contribution < 1.29 is 4.79 Å². The number of rotatable bonds is 3. The highest BCUT2D eigenvalue weighted by Crippen LogP contribution is 2.28. The molecule has 5 heteroatoms. The Labute approximate surface area is 112 Å². The smallest absolute Gasteiger partial charge is 0.251 e. The molecule has 0 aromatic carbocycles. The lowest BCUT2D eigenvalue weighted by molar-refractivity contribution is 0.0938. The highest BCUT2D eigenvalue weighted by molar-refractivity contribution is 7.99. The number of anilines is 1. The summed E-state index contributed by atoms with van der Waals surface area (Å²) >= 11 is 1.88. The van der Waals surface area contributed by atoms with Crippen molar-refractivity contribution >= 4 is 23.5 Å². The first-order valence-corrected chi connectivity index (χ1v) is 7.45. The van der Waals surface area contributed by atoms with E-state index < -0.39 is 0 Å². The third kappa shape index (κ3) is 3.16. The Balaban J connectivity index is 1.99. The van der Waals surface area contributed by atoms with Gasteiger partial charge in [0.15, 0.2) is 0 Å². The second-order valence-corrected chi connectivity index (χ2v) is 5.90. The molecule has 18 heavy (non-hydrogen) atoms. The maximum atomic E-state index is 12.1. The van der Waals surface area contributed by atoms with Crippen LogP contribution in [0.25, 0.3) is 0 Å². The molecule has 0 bridgehead atoms. The van der Waals surface area contributed by atoms with E-state index in [0.717, 1.165) is 18.5 Å². The molecule has 1 aromatic heterocycles. The van der Waals surface area contributed by atoms with E-state index in [0.29, 0.717) is 22.7 Å². The number of aromatic nitrogens is 1. The zero-order chi connectivity index (χ0) is 13.1. The Morgan fingerprint density at radius 1 is 1.50 bits per heavy atom. The minimum atomic E-state index is -0.0426. The highest BCUT2D eigenvalue weighted by atomic mass is 32.2. The fraction of sp³-hybridized carbons (Fsp3) is 0.538. The number of thioether (sulfide) groups is 1. The van der Waals surface area contributed by atoms with E-state index in [1.807, 2.05) is 18.7 Å². The number of hydrogen-bond donors (Lipinski definition) is 2. The van der Waals surface area contributed by atoms with E-state index >= 15 is 0 Å². The number of amides is 1. The van der Waals surface area contributed by atoms with Crippen molar-refractivity contribution in [3.05, 3.63) is 23.4 Å². The predicted molar refractivity (Wildman–Crippen MR) is 75.8 cm³/mol. The molecule has 1 aliphatic rings. The first kappa shape index (κ1) is 13.2. The maximum absolute atomic E-state index is 12.1. The summed E-state index contributed by atoms with van der Waals surface area (Å²) in [6.07, 6.45) is 5.44. The monoisotopic (exact) mass is 265 g/mol. The Kier molecular flexibility index (Phi) is 4.11. The number of carbonyl (C=O) groups is 1. The van der Waals surface area contributed by atoms with Gasteiger partial charge in [0.25, 0.3) is 5.91 Å². The van der Waals surface area contributed by atoms with Crippen LogP contribution in [0, 0.1) is 6.92 Å². The molecule has 1 aliphatic carbocycles. The van der Waals surface area contributed by atoms with Crippen molar-refractivity contribution in [3.8, 4) is 0 Å². The number of carbonyl (C=O) groups excluding carboxylic acids is 1. The topological polar surface area (TPSA) is 68.0 Å². The van der Waals surface area contributed by atoms with Crippen molar-refractivity contribution in [1.29, 1.82) is 0 Å². The zero-order valence-corrected chi connectivity index (χ0v) is 11.6. The van der Waals surface area contributed by atoms with Gasteiger partial charge in [-0.25, -0.2) is 4.98 Å². The normalized spacial score (nSPS) is 23.0. The van der Waals surface area contributed by atoms with Crippen molar-refractivity contribution in [1.82, 2.24) is 10.3 Å². The van der Waals surface area contributed by atoms with Crippen molar-refractivity contribution in [3.63, 3.8) is 0 Å². The van der Waals surface area contributed by atoms with E-state index in [-0.39, 0.29) is 5.91 Å². The van der Waals surface area contributed by atoms with E-state index in [1.54, 1.807) is 12.1 Å². The van der Waals surface area contributed by atoms with Gasteiger partial charge in [-0.15, -0.1) is 0 Å². The van der Waals surface area contributed by atoms with Crippen LogP contribution in [0.2, 0.25) is 0 Å². The molecule has 1 saturated carbocycles. The number of pyridine rings is 1. The average molecular weight is 265 g/mol. The molecule has 3 N–H and O–H groups in total. The fourth-order valence-corrected chi connectivity index (χ4v) is 3.18. The van der Waals surface area contributed by atoms with Gasteiger partial charge in [0, 0.05) is 22.5 Å². The molecular weight excluding hydrogens is 246 g/mol. The quantitative estimate of drug-likeness (QED) is 0.877. The Hall–Kier alpha value is -1.23. The first-order chi connectivity index (χ1) is 8.58. The molecule has 4 nitrogen and oxygen atoms in total. The SMILES string of the molecule is CSC1CCC(NC(=O)c2cc(C)nc(N)c2)C1. The molecule has 0 aliphatic heterocycles. The number of nitrogens with zero attached hydrogens (tertiary/aromatic N) is 1. The van der Waals surface area contributed by atoms with Crippen LogP contribution in [0.4, 0.5) is 5.82 Å². The van der Waals surface area contributed by atoms with Crippen LogP contribution in [0.5, 0.6) is 0 Å². The van der Waals surface area contributed by atoms with Crippen LogP contribution in [0.3, 0.4) is 0 Å². The van der Waals surface area contributed by atoms with Crippen molar-refractivity contribution in [2.24, 2.45) is 0 Å². The Morgan fingerprint density at radius 2 is 2.28 bits per heavy atom. The molecule has 0 spiro atoms. The van der Waals surface area contributed by atoms with Crippen molar-refractivity contribution in [2.45, 2.75) is 37.5 Å². The standard InChI is InChI=1S/C13H19N3OS/c1-8-5-9(6-12(14)15-8)13(17)16-10-3-4-11(7-10)18-2/h5-6,10-11H,3-4,7H2,1-2H3,(H2,14,15)(H,16,17). The molecule has 2 atom stereocenters. The van der Waals surface area contributed by atoms with Gasteiger partial charge in [0.05, 0.1) is 0 Å². The van der Waals surface area contributed by atoms with Crippen LogP contribution in [-0.4, -0.2) is 28.4 Å². The van der Waals surface area contributed by atoms with Crippen LogP contribution in [-0.2, 0) is 0 Å². The summed E-state index contributed by atoms with van der Waals surface area (Å²) in [5, 5.41) is 3.76. The number of nitrogens with one attached hydrogen (secondary N) is 1. The largest absolute Gasteiger partial charge is 0.384 e. The zero-order valence-electron chi connectivity index (χ0n) is 10.8. The Bertz CT molecular complexity index is 430. The van der Waals surface area contributed by atoms with E-state index in [9.17, 15) is 4.79 Å². The molecule has 2 rings (SSSR count). The van der Waals surface area contributed by atoms with E-state index in [4.69, 9.17) is 5.73 Å². The van der Waals surface area contributed by atoms with Gasteiger partial charge in [-0.05, 0) is 44.6 Å². The summed E-state index contributed by atoms with van der Waals surface area (Å²) in [6.45, 7) is 1.84. The molecule has 2 unspecified atom stereocenters. The van der Waals surface area contributed by atoms with Crippen molar-refractivity contribution in [2.75, 3.05) is 12.0 Å². The van der Waals surface area contributed by atoms with E-state index in [2.05, 4.69) is 16.6 Å². The molecule has 1 amide bonds. The number of hydrogen-bond acceptors (Lipinski definition) is 4. The summed E-state index contributed by atoms with van der Waals surface area (Å²) < 4.78 is 0. The number of nitrogen functional groups attached to an aromatic ring is 1. The molecule has 98 valence electrons. The van der Waals surface area contributed by atoms with Gasteiger partial charge in [-0.3, -0.25) is 4.79 Å². The highest BCUT2D eigenvalue weighted by Gasteiger charge is 2.25. The van der Waals surface area contributed by atoms with Gasteiger partial charge in [0.2, 0.25) is 0 Å². The van der Waals surface area contributed by atoms with Gasteiger partial charge < -0.3 is 11.1 Å². The molecule has 1 fully saturated rings. The molecular formula is C13H19N3OS. The van der Waals surface area contributed by atoms with Crippen LogP contribution in [0.15, 0.2) is 12.1 Å². The predicted octanol–water partition coefficient (Wildman–Crippen LogP) is 1.99. The summed E-state index contributed by atoms with van der Waals surface area (Å²) in [6, 6.07) is 3.69. The van der Waals surface area contributed by atoms with Crippen LogP contribution in [0.1, 0.15) is 35.3 Å². The van der Waals surface area contributed by atoms with Gasteiger partial charge in [-0.1, -0.05) is 0 Å². The summed E-state index contributed by atoms with van der Waals surface area (Å²) in [5.74, 6) is 0.354. The second-order valence-electron chi connectivity index (χ2n) is 4.76. The minimum Gasteiger partial charge on any atom is -0.384 e. The summed E-state index contributed by atoms with van der Waals surface area (Å²) in [5.41, 5.74) is 7.03. The third-order valence-electron chi connectivity index (χ3n) is 3.29. The van der Waals surface area contributed by atoms with E-state index in [1.165, 1.54) is 6.42 Å². The summed E-state index contributed by atoms with van der Waals surface area (Å²) in [4.78, 5) is 16.2. The average Bonchev–Trinajstić information content (AvgIpc) is 2.75. The lowest BCUT2D eigenvalue weighted by Crippen LogP contribution is -2.33. The number of nitrogens with two attached hydrogens (primary N) is 1. The van der Waals surface area contributed by atoms with Crippen LogP contribution < -0.4 is 11.1 Å². The van der Waals surface area contributed by atoms with Gasteiger partial charge >= 0.3 is 0 Å². The first-order valence-electron chi connectivity index (χ1n) is 6.16. The number of aryl methyl sites for hydroxylation is 1. The van der Waals surface area contributed by atoms with Gasteiger partial charge in [0.1, 0.15) is 5.82 Å². The lowest BCUT2D eigenvalue weighted by Gasteiger charge is -2.13. The molecule has 1 aromatic rings. The Morgan fingerprint density at radius 3 is 2.89 bits per heavy atom. The molecule has 1 heterocycles. The van der Waals surface area contributed by atoms with Crippen LogP contribution >= 0.6 is 11.8 Å². The minimum absolute atomic E-state index is 0.0426. The second kappa shape index (κ2) is 5.61. The molecule has 0 radical (unpaired) electrons. The lowest BCUT2D eigenvalue weighted by atomic mass is 10.2. The van der Waals surface area contributed by atoms with Gasteiger partial charge in [-0.2, -0.15) is 11.8 Å². The maximum Gasteiger partial charge on any atom is 0.251 e. The summed E-state index contributed by atoms with van der Waals surface area (Å²) in [7, 11) is 0. The fourth-order valence-electron chi connectivity index (χ4n) is 2.38.